The zero-order valence-corrected chi connectivity index (χ0v) is 24.3. The predicted octanol–water partition coefficient (Wildman–Crippen LogP) is 7.44. The number of hydrogen-bond acceptors (Lipinski definition) is 3. The fourth-order valence-corrected chi connectivity index (χ4v) is 7.02. The van der Waals surface area contributed by atoms with Crippen LogP contribution in [0.25, 0.3) is 0 Å². The van der Waals surface area contributed by atoms with E-state index in [-0.39, 0.29) is 33.9 Å². The van der Waals surface area contributed by atoms with Crippen LogP contribution in [0.1, 0.15) is 75.6 Å². The van der Waals surface area contributed by atoms with Crippen LogP contribution in [0, 0.1) is 11.2 Å². The molecule has 3 aromatic carbocycles. The molecular formula is C33H32ClF4N3O2. The second kappa shape index (κ2) is 11.5. The van der Waals surface area contributed by atoms with Crippen molar-refractivity contribution in [1.82, 2.24) is 10.2 Å². The van der Waals surface area contributed by atoms with Gasteiger partial charge in [-0.3, -0.25) is 9.59 Å². The topological polar surface area (TPSA) is 52.7 Å². The third-order valence-corrected chi connectivity index (χ3v) is 9.76. The number of anilines is 1. The summed E-state index contributed by atoms with van der Waals surface area (Å²) < 4.78 is 52.2. The molecule has 3 aromatic rings. The normalized spacial score (nSPS) is 19.8. The van der Waals surface area contributed by atoms with Gasteiger partial charge in [0.2, 0.25) is 0 Å². The van der Waals surface area contributed by atoms with Crippen LogP contribution in [0.5, 0.6) is 0 Å². The highest BCUT2D eigenvalue weighted by Gasteiger charge is 2.39. The average molecular weight is 614 g/mol. The maximum atomic E-state index is 13.5. The van der Waals surface area contributed by atoms with Crippen molar-refractivity contribution >= 4 is 29.1 Å². The Kier molecular flexibility index (Phi) is 7.87. The lowest BCUT2D eigenvalue weighted by Crippen LogP contribution is -2.48. The first-order chi connectivity index (χ1) is 20.5. The van der Waals surface area contributed by atoms with Gasteiger partial charge < -0.3 is 15.1 Å². The fraction of sp³-hybridized carbons (Fsp3) is 0.394. The minimum atomic E-state index is -4.34. The summed E-state index contributed by atoms with van der Waals surface area (Å²) in [6, 6.07) is 14.5. The van der Waals surface area contributed by atoms with Crippen molar-refractivity contribution in [2.75, 3.05) is 31.1 Å². The Balaban J connectivity index is 1.05. The second-order valence-electron chi connectivity index (χ2n) is 11.9. The highest BCUT2D eigenvalue weighted by molar-refractivity contribution is 6.33. The standard InChI is InChI=1S/C33H32ClF4N3O2/c34-28-20-24(35)6-9-26(28)30(42)39-29-10-3-21-1-2-22(19-27(21)29)31(43)41-17-13-32(14-18-41)11-15-40(16-12-32)25-7-4-23(5-8-25)33(36,37)38/h1-2,4-9,19-20,29H,3,10-18H2,(H,39,42). The van der Waals surface area contributed by atoms with Crippen molar-refractivity contribution in [3.63, 3.8) is 0 Å². The number of carbonyl (C=O) groups excluding carboxylic acids is 2. The Bertz CT molecular complexity index is 1520. The summed E-state index contributed by atoms with van der Waals surface area (Å²) in [5, 5.41) is 3.04. The lowest BCUT2D eigenvalue weighted by Gasteiger charge is -2.47. The number of fused-ring (bicyclic) bond motifs is 1. The zero-order chi connectivity index (χ0) is 30.4. The summed E-state index contributed by atoms with van der Waals surface area (Å²) in [6.45, 7) is 2.86. The number of rotatable bonds is 4. The number of carbonyl (C=O) groups is 2. The molecule has 226 valence electrons. The molecule has 0 saturated carbocycles. The van der Waals surface area contributed by atoms with Crippen LogP contribution in [0.4, 0.5) is 23.2 Å². The summed E-state index contributed by atoms with van der Waals surface area (Å²) in [5.41, 5.74) is 3.10. The van der Waals surface area contributed by atoms with Crippen molar-refractivity contribution < 1.29 is 27.2 Å². The Labute approximate surface area is 252 Å². The van der Waals surface area contributed by atoms with E-state index < -0.39 is 17.6 Å². The Morgan fingerprint density at radius 3 is 2.21 bits per heavy atom. The zero-order valence-electron chi connectivity index (χ0n) is 23.5. The van der Waals surface area contributed by atoms with Gasteiger partial charge >= 0.3 is 6.18 Å². The average Bonchev–Trinajstić information content (AvgIpc) is 3.39. The number of likely N-dealkylation sites (tertiary alicyclic amines) is 1. The van der Waals surface area contributed by atoms with Gasteiger partial charge in [0.15, 0.2) is 0 Å². The number of nitrogens with one attached hydrogen (secondary N) is 1. The third-order valence-electron chi connectivity index (χ3n) is 9.45. The highest BCUT2D eigenvalue weighted by Crippen LogP contribution is 2.43. The largest absolute Gasteiger partial charge is 0.416 e. The number of nitrogens with zero attached hydrogens (tertiary/aromatic N) is 2. The van der Waals surface area contributed by atoms with E-state index in [2.05, 4.69) is 10.2 Å². The fourth-order valence-electron chi connectivity index (χ4n) is 6.76. The smallest absolute Gasteiger partial charge is 0.371 e. The minimum absolute atomic E-state index is 0.0293. The molecule has 1 atom stereocenters. The molecule has 0 radical (unpaired) electrons. The van der Waals surface area contributed by atoms with Crippen LogP contribution in [-0.4, -0.2) is 42.9 Å². The van der Waals surface area contributed by atoms with Gasteiger partial charge in [-0.2, -0.15) is 13.2 Å². The van der Waals surface area contributed by atoms with Gasteiger partial charge in [-0.25, -0.2) is 4.39 Å². The van der Waals surface area contributed by atoms with Gasteiger partial charge in [0.25, 0.3) is 11.8 Å². The molecule has 1 spiro atoms. The van der Waals surface area contributed by atoms with Crippen molar-refractivity contribution in [1.29, 1.82) is 0 Å². The van der Waals surface area contributed by atoms with Gasteiger partial charge in [-0.1, -0.05) is 17.7 Å². The molecule has 2 saturated heterocycles. The lowest BCUT2D eigenvalue weighted by atomic mass is 9.71. The first kappa shape index (κ1) is 29.5. The molecule has 2 heterocycles. The van der Waals surface area contributed by atoms with E-state index in [1.54, 1.807) is 12.1 Å². The van der Waals surface area contributed by atoms with Gasteiger partial charge in [-0.15, -0.1) is 0 Å². The van der Waals surface area contributed by atoms with Crippen LogP contribution in [-0.2, 0) is 12.6 Å². The van der Waals surface area contributed by atoms with Crippen LogP contribution >= 0.6 is 11.6 Å². The number of piperidine rings is 2. The van der Waals surface area contributed by atoms with E-state index in [1.807, 2.05) is 23.1 Å². The quantitative estimate of drug-likeness (QED) is 0.311. The molecule has 2 fully saturated rings. The summed E-state index contributed by atoms with van der Waals surface area (Å²) >= 11 is 6.08. The number of alkyl halides is 3. The number of aryl methyl sites for hydroxylation is 1. The predicted molar refractivity (Wildman–Crippen MR) is 157 cm³/mol. The molecule has 2 amide bonds. The van der Waals surface area contributed by atoms with Crippen molar-refractivity contribution in [2.24, 2.45) is 5.41 Å². The van der Waals surface area contributed by atoms with Gasteiger partial charge in [0.05, 0.1) is 22.2 Å². The molecule has 0 aromatic heterocycles. The highest BCUT2D eigenvalue weighted by atomic mass is 35.5. The Morgan fingerprint density at radius 2 is 1.56 bits per heavy atom. The first-order valence-corrected chi connectivity index (χ1v) is 15.0. The van der Waals surface area contributed by atoms with Crippen LogP contribution in [0.2, 0.25) is 5.02 Å². The van der Waals surface area contributed by atoms with Crippen molar-refractivity contribution in [3.8, 4) is 0 Å². The van der Waals surface area contributed by atoms with Crippen molar-refractivity contribution in [3.05, 3.63) is 99.3 Å². The lowest BCUT2D eigenvalue weighted by molar-refractivity contribution is -0.137. The minimum Gasteiger partial charge on any atom is -0.371 e. The van der Waals surface area contributed by atoms with Crippen LogP contribution < -0.4 is 10.2 Å². The SMILES string of the molecule is O=C(NC1CCc2ccc(C(=O)N3CCC4(CC3)CCN(c3ccc(C(F)(F)F)cc3)CC4)cc21)c1ccc(F)cc1Cl. The van der Waals surface area contributed by atoms with E-state index in [9.17, 15) is 27.2 Å². The summed E-state index contributed by atoms with van der Waals surface area (Å²) in [7, 11) is 0. The molecule has 3 aliphatic rings. The number of amides is 2. The van der Waals surface area contributed by atoms with E-state index in [1.165, 1.54) is 12.1 Å². The van der Waals surface area contributed by atoms with E-state index in [0.717, 1.165) is 80.2 Å². The molecule has 5 nitrogen and oxygen atoms in total. The van der Waals surface area contributed by atoms with E-state index in [0.29, 0.717) is 25.1 Å². The molecular weight excluding hydrogens is 582 g/mol. The summed E-state index contributed by atoms with van der Waals surface area (Å²) in [4.78, 5) is 30.4. The van der Waals surface area contributed by atoms with Gasteiger partial charge in [-0.05, 0) is 110 Å². The van der Waals surface area contributed by atoms with Gasteiger partial charge in [0, 0.05) is 37.4 Å². The summed E-state index contributed by atoms with van der Waals surface area (Å²) in [5.74, 6) is -0.924. The first-order valence-electron chi connectivity index (χ1n) is 14.6. The molecule has 2 aliphatic heterocycles. The Hall–Kier alpha value is -3.59. The summed E-state index contributed by atoms with van der Waals surface area (Å²) in [6.07, 6.45) is 0.800. The Morgan fingerprint density at radius 1 is 0.884 bits per heavy atom. The molecule has 43 heavy (non-hydrogen) atoms. The molecule has 10 heteroatoms. The second-order valence-corrected chi connectivity index (χ2v) is 12.3. The number of hydrogen-bond donors (Lipinski definition) is 1. The van der Waals surface area contributed by atoms with Crippen LogP contribution in [0.15, 0.2) is 60.7 Å². The molecule has 1 N–H and O–H groups in total. The van der Waals surface area contributed by atoms with Crippen LogP contribution in [0.3, 0.4) is 0 Å². The molecule has 6 rings (SSSR count). The third kappa shape index (κ3) is 6.09. The molecule has 0 bridgehead atoms. The van der Waals surface area contributed by atoms with E-state index >= 15 is 0 Å². The maximum Gasteiger partial charge on any atom is 0.416 e. The monoisotopic (exact) mass is 613 g/mol. The van der Waals surface area contributed by atoms with Crippen molar-refractivity contribution in [2.45, 2.75) is 50.7 Å². The van der Waals surface area contributed by atoms with E-state index in [4.69, 9.17) is 11.6 Å². The number of halogens is 5. The van der Waals surface area contributed by atoms with Gasteiger partial charge in [0.1, 0.15) is 5.82 Å². The molecule has 1 unspecified atom stereocenters. The maximum absolute atomic E-state index is 13.5. The molecule has 1 aliphatic carbocycles. The number of benzene rings is 3.